The van der Waals surface area contributed by atoms with Crippen LogP contribution in [0.1, 0.15) is 11.6 Å². The molecule has 0 saturated heterocycles. The Morgan fingerprint density at radius 1 is 1.09 bits per heavy atom. The third kappa shape index (κ3) is 3.32. The Kier molecular flexibility index (Phi) is 3.91. The first-order valence-corrected chi connectivity index (χ1v) is 8.56. The van der Waals surface area contributed by atoms with Gasteiger partial charge in [0, 0.05) is 6.20 Å². The number of benzene rings is 1. The summed E-state index contributed by atoms with van der Waals surface area (Å²) in [7, 11) is -3.61. The van der Waals surface area contributed by atoms with E-state index in [4.69, 9.17) is 5.14 Å². The molecule has 0 fully saturated rings. The number of rotatable bonds is 5. The average molecular weight is 316 g/mol. The van der Waals surface area contributed by atoms with Crippen LogP contribution in [0.25, 0.3) is 11.2 Å². The van der Waals surface area contributed by atoms with Crippen LogP contribution in [0.5, 0.6) is 0 Å². The molecule has 2 heterocycles. The van der Waals surface area contributed by atoms with Gasteiger partial charge in [-0.1, -0.05) is 30.3 Å². The smallest absolute Gasteiger partial charge is 0.211 e. The summed E-state index contributed by atoms with van der Waals surface area (Å²) in [5.74, 6) is -0.163. The lowest BCUT2D eigenvalue weighted by Crippen LogP contribution is -2.26. The number of pyridine rings is 1. The van der Waals surface area contributed by atoms with E-state index in [2.05, 4.69) is 9.97 Å². The fourth-order valence-electron chi connectivity index (χ4n) is 2.53. The second kappa shape index (κ2) is 5.86. The maximum Gasteiger partial charge on any atom is 0.211 e. The van der Waals surface area contributed by atoms with Crippen molar-refractivity contribution in [2.24, 2.45) is 5.14 Å². The number of hydrogen-bond donors (Lipinski definition) is 1. The molecule has 0 amide bonds. The lowest BCUT2D eigenvalue weighted by Gasteiger charge is -2.18. The molecule has 3 aromatic rings. The molecule has 6 nitrogen and oxygen atoms in total. The van der Waals surface area contributed by atoms with Crippen LogP contribution in [0.4, 0.5) is 0 Å². The van der Waals surface area contributed by atoms with E-state index in [1.807, 2.05) is 36.4 Å². The summed E-state index contributed by atoms with van der Waals surface area (Å²) in [6, 6.07) is 13.0. The number of aromatic nitrogens is 3. The topological polar surface area (TPSA) is 90.9 Å². The molecule has 0 spiro atoms. The molecular formula is C15H16N4O2S. The summed E-state index contributed by atoms with van der Waals surface area (Å²) in [4.78, 5) is 8.57. The first-order valence-electron chi connectivity index (χ1n) is 6.85. The van der Waals surface area contributed by atoms with Crippen molar-refractivity contribution >= 4 is 21.2 Å². The van der Waals surface area contributed by atoms with E-state index in [1.54, 1.807) is 23.2 Å². The molecule has 2 N–H and O–H groups in total. The van der Waals surface area contributed by atoms with Crippen LogP contribution in [0.2, 0.25) is 0 Å². The molecular weight excluding hydrogens is 300 g/mol. The van der Waals surface area contributed by atoms with Crippen LogP contribution >= 0.6 is 0 Å². The van der Waals surface area contributed by atoms with Crippen molar-refractivity contribution in [1.29, 1.82) is 0 Å². The first-order chi connectivity index (χ1) is 10.5. The lowest BCUT2D eigenvalue weighted by molar-refractivity contribution is 0.533. The molecule has 0 saturated carbocycles. The Labute approximate surface area is 128 Å². The highest BCUT2D eigenvalue weighted by atomic mass is 32.2. The minimum Gasteiger partial charge on any atom is -0.311 e. The Hall–Kier alpha value is -2.25. The Morgan fingerprint density at radius 3 is 2.59 bits per heavy atom. The van der Waals surface area contributed by atoms with Crippen molar-refractivity contribution in [3.05, 3.63) is 60.6 Å². The molecule has 1 atom stereocenters. The van der Waals surface area contributed by atoms with Crippen LogP contribution in [-0.4, -0.2) is 28.7 Å². The first kappa shape index (κ1) is 14.7. The molecule has 0 aliphatic rings. The molecule has 0 aliphatic heterocycles. The summed E-state index contributed by atoms with van der Waals surface area (Å²) in [6.07, 6.45) is 3.83. The highest BCUT2D eigenvalue weighted by molar-refractivity contribution is 7.89. The fraction of sp³-hybridized carbons (Fsp3) is 0.200. The molecule has 3 rings (SSSR count). The van der Waals surface area contributed by atoms with Crippen molar-refractivity contribution in [1.82, 2.24) is 14.5 Å². The summed E-state index contributed by atoms with van der Waals surface area (Å²) in [5, 5.41) is 5.26. The number of sulfonamides is 1. The second-order valence-corrected chi connectivity index (χ2v) is 6.83. The van der Waals surface area contributed by atoms with Gasteiger partial charge in [-0.3, -0.25) is 0 Å². The number of imidazole rings is 1. The number of primary sulfonamides is 1. The summed E-state index contributed by atoms with van der Waals surface area (Å²) in [6.45, 7) is 0. The van der Waals surface area contributed by atoms with E-state index < -0.39 is 10.0 Å². The van der Waals surface area contributed by atoms with E-state index >= 15 is 0 Å². The van der Waals surface area contributed by atoms with Crippen molar-refractivity contribution in [2.45, 2.75) is 12.5 Å². The molecule has 114 valence electrons. The molecule has 1 aromatic carbocycles. The quantitative estimate of drug-likeness (QED) is 0.772. The minimum atomic E-state index is -3.61. The molecule has 0 bridgehead atoms. The summed E-state index contributed by atoms with van der Waals surface area (Å²) >= 11 is 0. The molecule has 22 heavy (non-hydrogen) atoms. The van der Waals surface area contributed by atoms with Crippen LogP contribution in [-0.2, 0) is 16.4 Å². The van der Waals surface area contributed by atoms with Gasteiger partial charge in [0.1, 0.15) is 5.52 Å². The van der Waals surface area contributed by atoms with E-state index in [1.165, 1.54) is 0 Å². The molecule has 7 heteroatoms. The van der Waals surface area contributed by atoms with Crippen molar-refractivity contribution in [3.63, 3.8) is 0 Å². The number of nitrogens with zero attached hydrogens (tertiary/aromatic N) is 3. The molecule has 1 unspecified atom stereocenters. The third-order valence-corrected chi connectivity index (χ3v) is 4.31. The average Bonchev–Trinajstić information content (AvgIpc) is 2.90. The largest absolute Gasteiger partial charge is 0.311 e. The zero-order valence-corrected chi connectivity index (χ0v) is 12.6. The van der Waals surface area contributed by atoms with Crippen LogP contribution in [0.3, 0.4) is 0 Å². The Morgan fingerprint density at radius 2 is 1.86 bits per heavy atom. The summed E-state index contributed by atoms with van der Waals surface area (Å²) < 4.78 is 25.0. The highest BCUT2D eigenvalue weighted by Gasteiger charge is 2.20. The van der Waals surface area contributed by atoms with Gasteiger partial charge in [0.05, 0.1) is 18.1 Å². The van der Waals surface area contributed by atoms with Gasteiger partial charge < -0.3 is 4.57 Å². The van der Waals surface area contributed by atoms with Crippen LogP contribution < -0.4 is 5.14 Å². The molecule has 0 radical (unpaired) electrons. The van der Waals surface area contributed by atoms with E-state index in [9.17, 15) is 8.42 Å². The summed E-state index contributed by atoms with van der Waals surface area (Å²) in [5.41, 5.74) is 2.43. The van der Waals surface area contributed by atoms with Crippen molar-refractivity contribution in [3.8, 4) is 0 Å². The predicted octanol–water partition coefficient (Wildman–Crippen LogP) is 1.50. The van der Waals surface area contributed by atoms with Gasteiger partial charge in [0.2, 0.25) is 10.0 Å². The SMILES string of the molecule is NS(=O)(=O)CC(Cc1ccccc1)n1cnc2cccnc21. The molecule has 2 aromatic heterocycles. The monoisotopic (exact) mass is 316 g/mol. The highest BCUT2D eigenvalue weighted by Crippen LogP contribution is 2.20. The van der Waals surface area contributed by atoms with Gasteiger partial charge >= 0.3 is 0 Å². The maximum atomic E-state index is 11.6. The van der Waals surface area contributed by atoms with Gasteiger partial charge in [-0.05, 0) is 24.1 Å². The van der Waals surface area contributed by atoms with Gasteiger partial charge in [0.15, 0.2) is 5.65 Å². The van der Waals surface area contributed by atoms with Gasteiger partial charge in [-0.2, -0.15) is 0 Å². The lowest BCUT2D eigenvalue weighted by atomic mass is 10.1. The minimum absolute atomic E-state index is 0.163. The van der Waals surface area contributed by atoms with Crippen molar-refractivity contribution < 1.29 is 8.42 Å². The number of hydrogen-bond acceptors (Lipinski definition) is 4. The normalized spacial score (nSPS) is 13.3. The zero-order valence-electron chi connectivity index (χ0n) is 11.8. The fourth-order valence-corrected chi connectivity index (χ4v) is 3.34. The van der Waals surface area contributed by atoms with Gasteiger partial charge in [-0.15, -0.1) is 0 Å². The third-order valence-electron chi connectivity index (χ3n) is 3.46. The molecule has 0 aliphatic carbocycles. The number of fused-ring (bicyclic) bond motifs is 1. The zero-order chi connectivity index (χ0) is 15.6. The Bertz CT molecular complexity index is 875. The number of nitrogens with two attached hydrogens (primary N) is 1. The standard InChI is InChI=1S/C15H16N4O2S/c16-22(20,21)10-13(9-12-5-2-1-3-6-12)19-11-18-14-7-4-8-17-15(14)19/h1-8,11,13H,9-10H2,(H2,16,20,21). The van der Waals surface area contributed by atoms with Crippen LogP contribution in [0.15, 0.2) is 55.0 Å². The van der Waals surface area contributed by atoms with Crippen LogP contribution in [0, 0.1) is 0 Å². The second-order valence-electron chi connectivity index (χ2n) is 5.17. The van der Waals surface area contributed by atoms with E-state index in [0.29, 0.717) is 12.1 Å². The van der Waals surface area contributed by atoms with E-state index in [-0.39, 0.29) is 11.8 Å². The van der Waals surface area contributed by atoms with Crippen molar-refractivity contribution in [2.75, 3.05) is 5.75 Å². The predicted molar refractivity (Wildman–Crippen MR) is 84.7 cm³/mol. The van der Waals surface area contributed by atoms with Gasteiger partial charge in [0.25, 0.3) is 0 Å². The maximum absolute atomic E-state index is 11.6. The van der Waals surface area contributed by atoms with E-state index in [0.717, 1.165) is 11.1 Å². The van der Waals surface area contributed by atoms with Gasteiger partial charge in [-0.25, -0.2) is 23.5 Å². The Balaban J connectivity index is 2.01.